The molecule has 1 aromatic carbocycles. The fourth-order valence-corrected chi connectivity index (χ4v) is 1.13. The molecule has 4 N–H and O–H groups in total. The van der Waals surface area contributed by atoms with E-state index in [0.29, 0.717) is 0 Å². The highest BCUT2D eigenvalue weighted by Gasteiger charge is 2.19. The fraction of sp³-hybridized carbons (Fsp3) is 0.200. The van der Waals surface area contributed by atoms with E-state index in [1.165, 1.54) is 6.92 Å². The van der Waals surface area contributed by atoms with Crippen LogP contribution in [-0.2, 0) is 4.79 Å². The zero-order valence-corrected chi connectivity index (χ0v) is 8.83. The summed E-state index contributed by atoms with van der Waals surface area (Å²) in [5.74, 6) is -5.17. The molecule has 1 aromatic rings. The van der Waals surface area contributed by atoms with Gasteiger partial charge in [0.05, 0.1) is 11.3 Å². The molecule has 0 heterocycles. The first-order valence-electron chi connectivity index (χ1n) is 4.61. The molecule has 0 aromatic heterocycles. The minimum absolute atomic E-state index is 0.321. The molecule has 1 unspecified atom stereocenters. The Morgan fingerprint density at radius 3 is 2.41 bits per heavy atom. The first kappa shape index (κ1) is 12.9. The first-order chi connectivity index (χ1) is 7.84. The highest BCUT2D eigenvalue weighted by molar-refractivity contribution is 5.89. The lowest BCUT2D eigenvalue weighted by molar-refractivity contribution is -0.118. The van der Waals surface area contributed by atoms with Gasteiger partial charge < -0.3 is 16.2 Å². The van der Waals surface area contributed by atoms with Crippen molar-refractivity contribution in [3.05, 3.63) is 29.3 Å². The van der Waals surface area contributed by atoms with Gasteiger partial charge in [-0.05, 0) is 19.1 Å². The van der Waals surface area contributed by atoms with Crippen molar-refractivity contribution in [3.63, 3.8) is 0 Å². The van der Waals surface area contributed by atoms with Crippen LogP contribution in [0.4, 0.5) is 14.5 Å². The van der Waals surface area contributed by atoms with Gasteiger partial charge in [-0.15, -0.1) is 0 Å². The summed E-state index contributed by atoms with van der Waals surface area (Å²) in [6.45, 7) is 1.37. The van der Waals surface area contributed by atoms with Gasteiger partial charge in [0, 0.05) is 0 Å². The van der Waals surface area contributed by atoms with Crippen LogP contribution in [0.15, 0.2) is 12.1 Å². The van der Waals surface area contributed by atoms with Crippen LogP contribution in [0.1, 0.15) is 17.3 Å². The Balaban J connectivity index is 3.09. The number of halogens is 2. The number of carboxylic acids is 1. The van der Waals surface area contributed by atoms with E-state index in [4.69, 9.17) is 10.8 Å². The number of carbonyl (C=O) groups excluding carboxylic acids is 1. The van der Waals surface area contributed by atoms with Gasteiger partial charge in [-0.1, -0.05) is 0 Å². The van der Waals surface area contributed by atoms with Crippen molar-refractivity contribution < 1.29 is 23.5 Å². The third-order valence-corrected chi connectivity index (χ3v) is 2.11. The lowest BCUT2D eigenvalue weighted by Crippen LogP contribution is -2.32. The van der Waals surface area contributed by atoms with Gasteiger partial charge in [0.1, 0.15) is 6.04 Å². The zero-order valence-electron chi connectivity index (χ0n) is 8.83. The second-order valence-corrected chi connectivity index (χ2v) is 3.36. The average molecular weight is 244 g/mol. The quantitative estimate of drug-likeness (QED) is 0.735. The molecule has 5 nitrogen and oxygen atoms in total. The summed E-state index contributed by atoms with van der Waals surface area (Å²) < 4.78 is 26.6. The number of primary amides is 1. The van der Waals surface area contributed by atoms with Crippen molar-refractivity contribution in [2.75, 3.05) is 5.32 Å². The van der Waals surface area contributed by atoms with Crippen LogP contribution in [0.5, 0.6) is 0 Å². The van der Waals surface area contributed by atoms with E-state index in [1.807, 2.05) is 0 Å². The molecule has 0 aliphatic heterocycles. The summed E-state index contributed by atoms with van der Waals surface area (Å²) in [5, 5.41) is 10.9. The van der Waals surface area contributed by atoms with Crippen LogP contribution in [0.25, 0.3) is 0 Å². The summed E-state index contributed by atoms with van der Waals surface area (Å²) in [7, 11) is 0. The van der Waals surface area contributed by atoms with E-state index in [2.05, 4.69) is 5.32 Å². The van der Waals surface area contributed by atoms with E-state index < -0.39 is 35.1 Å². The van der Waals surface area contributed by atoms with Gasteiger partial charge in [0.25, 0.3) is 0 Å². The number of hydrogen-bond donors (Lipinski definition) is 3. The maximum Gasteiger partial charge on any atom is 0.338 e. The topological polar surface area (TPSA) is 92.4 Å². The summed E-state index contributed by atoms with van der Waals surface area (Å²) in [6, 6.07) is 1.03. The third-order valence-electron chi connectivity index (χ3n) is 2.11. The van der Waals surface area contributed by atoms with Gasteiger partial charge in [-0.2, -0.15) is 0 Å². The Morgan fingerprint density at radius 1 is 1.35 bits per heavy atom. The summed E-state index contributed by atoms with van der Waals surface area (Å²) in [6.07, 6.45) is 0. The van der Waals surface area contributed by atoms with Gasteiger partial charge in [0.15, 0.2) is 11.6 Å². The number of rotatable bonds is 4. The molecule has 0 aliphatic carbocycles. The molecule has 0 radical (unpaired) electrons. The minimum atomic E-state index is -1.57. The molecule has 0 saturated heterocycles. The zero-order chi connectivity index (χ0) is 13.2. The van der Waals surface area contributed by atoms with Crippen LogP contribution in [0.3, 0.4) is 0 Å². The lowest BCUT2D eigenvalue weighted by atomic mass is 10.1. The Bertz CT molecular complexity index is 477. The molecule has 0 aliphatic rings. The fourth-order valence-electron chi connectivity index (χ4n) is 1.13. The van der Waals surface area contributed by atoms with Gasteiger partial charge in [-0.3, -0.25) is 4.79 Å². The van der Waals surface area contributed by atoms with Crippen LogP contribution in [0.2, 0.25) is 0 Å². The number of nitrogens with two attached hydrogens (primary N) is 1. The molecule has 0 spiro atoms. The van der Waals surface area contributed by atoms with E-state index in [1.54, 1.807) is 0 Å². The predicted molar refractivity (Wildman–Crippen MR) is 55.6 cm³/mol. The third kappa shape index (κ3) is 2.68. The van der Waals surface area contributed by atoms with Crippen LogP contribution >= 0.6 is 0 Å². The number of amides is 1. The maximum absolute atomic E-state index is 13.4. The molecule has 0 bridgehead atoms. The van der Waals surface area contributed by atoms with Crippen LogP contribution < -0.4 is 11.1 Å². The highest BCUT2D eigenvalue weighted by Crippen LogP contribution is 2.21. The highest BCUT2D eigenvalue weighted by atomic mass is 19.2. The number of hydrogen-bond acceptors (Lipinski definition) is 3. The summed E-state index contributed by atoms with van der Waals surface area (Å²) in [4.78, 5) is 21.2. The van der Waals surface area contributed by atoms with Crippen LogP contribution in [0, 0.1) is 11.6 Å². The van der Waals surface area contributed by atoms with E-state index in [0.717, 1.165) is 12.1 Å². The number of anilines is 1. The number of carboxylic acid groups (broad SMARTS) is 1. The SMILES string of the molecule is CC(Nc1ccc(C(=O)O)c(F)c1F)C(N)=O. The Hall–Kier alpha value is -2.18. The standard InChI is InChI=1S/C10H10F2N2O3/c1-4(9(13)15)14-6-3-2-5(10(16)17)7(11)8(6)12/h2-4,14H,1H3,(H2,13,15)(H,16,17). The molecular weight excluding hydrogens is 234 g/mol. The maximum atomic E-state index is 13.4. The summed E-state index contributed by atoms with van der Waals surface area (Å²) in [5.41, 5.74) is 3.84. The van der Waals surface area contributed by atoms with E-state index >= 15 is 0 Å². The first-order valence-corrected chi connectivity index (χ1v) is 4.61. The molecule has 1 rings (SSSR count). The van der Waals surface area contributed by atoms with Crippen molar-refractivity contribution in [1.29, 1.82) is 0 Å². The van der Waals surface area contributed by atoms with Gasteiger partial charge in [-0.25, -0.2) is 13.6 Å². The molecule has 0 saturated carbocycles. The number of benzene rings is 1. The van der Waals surface area contributed by atoms with E-state index in [9.17, 15) is 18.4 Å². The monoisotopic (exact) mass is 244 g/mol. The molecule has 0 fully saturated rings. The molecule has 17 heavy (non-hydrogen) atoms. The lowest BCUT2D eigenvalue weighted by Gasteiger charge is -2.13. The van der Waals surface area contributed by atoms with Crippen molar-refractivity contribution >= 4 is 17.6 Å². The molecule has 92 valence electrons. The van der Waals surface area contributed by atoms with Gasteiger partial charge in [0.2, 0.25) is 5.91 Å². The second-order valence-electron chi connectivity index (χ2n) is 3.36. The number of nitrogens with one attached hydrogen (secondary N) is 1. The van der Waals surface area contributed by atoms with Crippen molar-refractivity contribution in [2.45, 2.75) is 13.0 Å². The van der Waals surface area contributed by atoms with Crippen molar-refractivity contribution in [1.82, 2.24) is 0 Å². The number of aromatic carboxylic acids is 1. The molecule has 7 heteroatoms. The Labute approximate surface area is 95.2 Å². The van der Waals surface area contributed by atoms with E-state index in [-0.39, 0.29) is 5.69 Å². The van der Waals surface area contributed by atoms with Gasteiger partial charge >= 0.3 is 5.97 Å². The number of carbonyl (C=O) groups is 2. The average Bonchev–Trinajstić information content (AvgIpc) is 2.24. The largest absolute Gasteiger partial charge is 0.478 e. The molecular formula is C10H10F2N2O3. The molecule has 1 atom stereocenters. The Kier molecular flexibility index (Phi) is 3.62. The van der Waals surface area contributed by atoms with Crippen LogP contribution in [-0.4, -0.2) is 23.0 Å². The van der Waals surface area contributed by atoms with Crippen molar-refractivity contribution in [3.8, 4) is 0 Å². The smallest absolute Gasteiger partial charge is 0.338 e. The minimum Gasteiger partial charge on any atom is -0.478 e. The predicted octanol–water partition coefficient (Wildman–Crippen LogP) is 0.949. The van der Waals surface area contributed by atoms with Crippen molar-refractivity contribution in [2.24, 2.45) is 5.73 Å². The molecule has 1 amide bonds. The summed E-state index contributed by atoms with van der Waals surface area (Å²) >= 11 is 0. The normalized spacial score (nSPS) is 11.9. The second kappa shape index (κ2) is 4.77. The Morgan fingerprint density at radius 2 is 1.94 bits per heavy atom.